The Morgan fingerprint density at radius 3 is 2.57 bits per heavy atom. The fourth-order valence-electron chi connectivity index (χ4n) is 4.46. The molecule has 1 unspecified atom stereocenters. The van der Waals surface area contributed by atoms with E-state index in [4.69, 9.17) is 4.74 Å². The summed E-state index contributed by atoms with van der Waals surface area (Å²) in [5, 5.41) is 11.7. The smallest absolute Gasteiger partial charge is 0.350 e. The first-order valence-corrected chi connectivity index (χ1v) is 12.8. The number of fused-ring (bicyclic) bond motifs is 1. The van der Waals surface area contributed by atoms with E-state index < -0.39 is 23.7 Å². The number of aryl methyl sites for hydroxylation is 3. The molecule has 0 bridgehead atoms. The molecule has 1 amide bonds. The molecule has 0 spiro atoms. The van der Waals surface area contributed by atoms with Gasteiger partial charge in [-0.1, -0.05) is 45.5 Å². The van der Waals surface area contributed by atoms with E-state index in [0.29, 0.717) is 22.6 Å². The summed E-state index contributed by atoms with van der Waals surface area (Å²) in [6.07, 6.45) is 1.82. The topological polar surface area (TPSA) is 114 Å². The number of Topliss-reactive ketones (excluding diaryl/α,β-unsaturated/α-hetero) is 1. The minimum absolute atomic E-state index is 0.111. The normalized spacial score (nSPS) is 17.1. The molecule has 5 rings (SSSR count). The van der Waals surface area contributed by atoms with Gasteiger partial charge in [0.15, 0.2) is 10.9 Å². The number of ether oxygens (including phenoxy) is 1. The Labute approximate surface area is 224 Å². The summed E-state index contributed by atoms with van der Waals surface area (Å²) >= 11 is 4.40. The van der Waals surface area contributed by atoms with E-state index in [1.807, 2.05) is 35.7 Å². The van der Waals surface area contributed by atoms with Gasteiger partial charge < -0.3 is 14.2 Å². The molecule has 188 valence electrons. The molecule has 4 heterocycles. The lowest BCUT2D eigenvalue weighted by Crippen LogP contribution is -2.29. The minimum Gasteiger partial charge on any atom is -0.505 e. The first-order chi connectivity index (χ1) is 17.6. The van der Waals surface area contributed by atoms with Crippen LogP contribution in [0.1, 0.15) is 43.9 Å². The molecule has 1 N–H and O–H groups in total. The van der Waals surface area contributed by atoms with Crippen molar-refractivity contribution in [2.24, 2.45) is 0 Å². The number of carbonyl (C=O) groups excluding carboxylic acids is 3. The maximum atomic E-state index is 13.5. The van der Waals surface area contributed by atoms with Crippen molar-refractivity contribution in [3.05, 3.63) is 85.7 Å². The van der Waals surface area contributed by atoms with Crippen molar-refractivity contribution in [1.29, 1.82) is 0 Å². The summed E-state index contributed by atoms with van der Waals surface area (Å²) in [5.74, 6) is -2.71. The molecule has 0 saturated carbocycles. The van der Waals surface area contributed by atoms with E-state index in [2.05, 4.69) is 25.9 Å². The largest absolute Gasteiger partial charge is 0.505 e. The summed E-state index contributed by atoms with van der Waals surface area (Å²) in [7, 11) is 1.26. The molecule has 1 atom stereocenters. The number of benzene rings is 1. The number of aliphatic hydroxyl groups is 1. The van der Waals surface area contributed by atoms with Gasteiger partial charge in [0.2, 0.25) is 0 Å². The molecule has 0 radical (unpaired) electrons. The number of methoxy groups -OCH3 is 1. The second-order valence-corrected chi connectivity index (χ2v) is 10.5. The second-order valence-electron chi connectivity index (χ2n) is 8.56. The Bertz CT molecular complexity index is 1650. The second kappa shape index (κ2) is 9.24. The van der Waals surface area contributed by atoms with Crippen LogP contribution in [0.25, 0.3) is 11.4 Å². The molecule has 1 aliphatic heterocycles. The first kappa shape index (κ1) is 24.8. The Morgan fingerprint density at radius 2 is 1.89 bits per heavy atom. The summed E-state index contributed by atoms with van der Waals surface area (Å²) in [6, 6.07) is 9.86. The number of rotatable bonds is 4. The van der Waals surface area contributed by atoms with Crippen LogP contribution in [-0.4, -0.2) is 44.2 Å². The highest BCUT2D eigenvalue weighted by Gasteiger charge is 2.49. The van der Waals surface area contributed by atoms with Crippen molar-refractivity contribution in [2.75, 3.05) is 12.0 Å². The van der Waals surface area contributed by atoms with Crippen molar-refractivity contribution >= 4 is 61.5 Å². The van der Waals surface area contributed by atoms with Crippen LogP contribution in [0.2, 0.25) is 0 Å². The predicted molar refractivity (Wildman–Crippen MR) is 142 cm³/mol. The van der Waals surface area contributed by atoms with Crippen LogP contribution in [0.4, 0.5) is 5.13 Å². The number of carbonyl (C=O) groups is 3. The number of imidazole rings is 1. The third-order valence-electron chi connectivity index (χ3n) is 6.28. The van der Waals surface area contributed by atoms with Crippen molar-refractivity contribution in [3.8, 4) is 0 Å². The summed E-state index contributed by atoms with van der Waals surface area (Å²) in [5.41, 5.74) is 3.18. The number of halogens is 1. The van der Waals surface area contributed by atoms with Gasteiger partial charge >= 0.3 is 11.9 Å². The average Bonchev–Trinajstić information content (AvgIpc) is 3.51. The van der Waals surface area contributed by atoms with Gasteiger partial charge in [-0.25, -0.2) is 14.8 Å². The number of pyridine rings is 1. The Kier molecular flexibility index (Phi) is 6.20. The lowest BCUT2D eigenvalue weighted by molar-refractivity contribution is -0.132. The number of amides is 1. The molecular formula is C26H21BrN4O5S. The van der Waals surface area contributed by atoms with Crippen molar-refractivity contribution in [2.45, 2.75) is 26.8 Å². The van der Waals surface area contributed by atoms with Gasteiger partial charge in [0.1, 0.15) is 16.2 Å². The van der Waals surface area contributed by atoms with Gasteiger partial charge in [0.05, 0.1) is 30.1 Å². The van der Waals surface area contributed by atoms with Gasteiger partial charge in [0.25, 0.3) is 5.78 Å². The van der Waals surface area contributed by atoms with Crippen LogP contribution in [0.5, 0.6) is 0 Å². The van der Waals surface area contributed by atoms with Crippen molar-refractivity contribution in [3.63, 3.8) is 0 Å². The lowest BCUT2D eigenvalue weighted by atomic mass is 9.96. The maximum Gasteiger partial charge on any atom is 0.350 e. The molecule has 0 aliphatic carbocycles. The number of thiazole rings is 1. The van der Waals surface area contributed by atoms with Crippen LogP contribution < -0.4 is 4.90 Å². The van der Waals surface area contributed by atoms with Crippen molar-refractivity contribution in [1.82, 2.24) is 14.4 Å². The van der Waals surface area contributed by atoms with E-state index in [1.54, 1.807) is 32.0 Å². The molecule has 11 heteroatoms. The van der Waals surface area contributed by atoms with Crippen LogP contribution in [0.3, 0.4) is 0 Å². The highest BCUT2D eigenvalue weighted by molar-refractivity contribution is 9.10. The molecule has 37 heavy (non-hydrogen) atoms. The van der Waals surface area contributed by atoms with E-state index in [-0.39, 0.29) is 27.0 Å². The zero-order chi connectivity index (χ0) is 26.6. The number of esters is 1. The zero-order valence-electron chi connectivity index (χ0n) is 20.3. The van der Waals surface area contributed by atoms with Crippen LogP contribution in [-0.2, 0) is 14.3 Å². The molecular weight excluding hydrogens is 560 g/mol. The quantitative estimate of drug-likeness (QED) is 0.158. The SMILES string of the molecule is COC(=O)c1sc(N2C(=O)C(=O)/C(=C(/O)c3nc4c(C)cccn4c3C)C2c2cccc(Br)c2)nc1C. The number of aliphatic hydroxyl groups excluding tert-OH is 1. The maximum absolute atomic E-state index is 13.5. The molecule has 1 aromatic carbocycles. The average molecular weight is 581 g/mol. The fraction of sp³-hybridized carbons (Fsp3) is 0.192. The summed E-state index contributed by atoms with van der Waals surface area (Å²) in [4.78, 5) is 49.6. The first-order valence-electron chi connectivity index (χ1n) is 11.2. The molecule has 1 fully saturated rings. The standard InChI is InChI=1S/C26H21BrN4O5S/c1-12-7-6-10-30-14(3)18(29-23(12)30)20(32)17-19(15-8-5-9-16(27)11-15)31(24(34)21(17)33)26-28-13(2)22(37-26)25(35)36-4/h5-11,19,32H,1-4H3/b20-17+. The van der Waals surface area contributed by atoms with Crippen LogP contribution >= 0.6 is 27.3 Å². The zero-order valence-corrected chi connectivity index (χ0v) is 22.7. The molecule has 1 aliphatic rings. The van der Waals surface area contributed by atoms with Crippen molar-refractivity contribution < 1.29 is 24.2 Å². The number of nitrogens with zero attached hydrogens (tertiary/aromatic N) is 4. The van der Waals surface area contributed by atoms with Gasteiger partial charge in [-0.15, -0.1) is 0 Å². The summed E-state index contributed by atoms with van der Waals surface area (Å²) < 4.78 is 7.38. The number of aromatic nitrogens is 3. The van der Waals surface area contributed by atoms with E-state index in [0.717, 1.165) is 21.4 Å². The number of ketones is 1. The Hall–Kier alpha value is -3.83. The van der Waals surface area contributed by atoms with E-state index in [1.165, 1.54) is 12.0 Å². The number of hydrogen-bond donors (Lipinski definition) is 1. The van der Waals surface area contributed by atoms with Gasteiger partial charge in [0, 0.05) is 10.7 Å². The van der Waals surface area contributed by atoms with E-state index >= 15 is 0 Å². The van der Waals surface area contributed by atoms with Gasteiger partial charge in [-0.05, 0) is 50.1 Å². The van der Waals surface area contributed by atoms with Gasteiger partial charge in [-0.2, -0.15) is 0 Å². The highest BCUT2D eigenvalue weighted by atomic mass is 79.9. The summed E-state index contributed by atoms with van der Waals surface area (Å²) in [6.45, 7) is 5.31. The third kappa shape index (κ3) is 3.94. The number of hydrogen-bond acceptors (Lipinski definition) is 8. The third-order valence-corrected chi connectivity index (χ3v) is 7.91. The van der Waals surface area contributed by atoms with Crippen LogP contribution in [0.15, 0.2) is 52.6 Å². The Morgan fingerprint density at radius 1 is 1.14 bits per heavy atom. The lowest BCUT2D eigenvalue weighted by Gasteiger charge is -2.23. The van der Waals surface area contributed by atoms with Crippen LogP contribution in [0, 0.1) is 20.8 Å². The Balaban J connectivity index is 1.76. The van der Waals surface area contributed by atoms with E-state index in [9.17, 15) is 19.5 Å². The number of anilines is 1. The molecule has 4 aromatic rings. The minimum atomic E-state index is -1.00. The highest BCUT2D eigenvalue weighted by Crippen LogP contribution is 2.44. The molecule has 1 saturated heterocycles. The predicted octanol–water partition coefficient (Wildman–Crippen LogP) is 4.89. The molecule has 9 nitrogen and oxygen atoms in total. The van der Waals surface area contributed by atoms with Gasteiger partial charge in [-0.3, -0.25) is 14.5 Å². The molecule has 3 aromatic heterocycles. The fourth-order valence-corrected chi connectivity index (χ4v) is 5.89. The monoisotopic (exact) mass is 580 g/mol.